The standard InChI is InChI=1S/C30H42F2O2/c1-3-5-7-9-10-12-22-34-27-19-17-25(18-20-27)24-13-15-26(16-14-24)29-28(30(29,31)32)23-33-21-11-8-6-4-2/h13-20,28-29H,3-12,21-23H2,1-2H3/t28-,29-/m0/s1. The van der Waals surface area contributed by atoms with Gasteiger partial charge in [-0.05, 0) is 41.7 Å². The van der Waals surface area contributed by atoms with Crippen molar-refractivity contribution >= 4 is 0 Å². The summed E-state index contributed by atoms with van der Waals surface area (Å²) in [5.74, 6) is -3.22. The minimum absolute atomic E-state index is 0.145. The highest BCUT2D eigenvalue weighted by atomic mass is 19.3. The summed E-state index contributed by atoms with van der Waals surface area (Å²) in [6, 6.07) is 15.6. The lowest BCUT2D eigenvalue weighted by Gasteiger charge is -2.08. The maximum Gasteiger partial charge on any atom is 0.261 e. The third-order valence-electron chi connectivity index (χ3n) is 6.87. The van der Waals surface area contributed by atoms with Gasteiger partial charge in [-0.3, -0.25) is 0 Å². The second-order valence-corrected chi connectivity index (χ2v) is 9.66. The molecule has 34 heavy (non-hydrogen) atoms. The number of unbranched alkanes of at least 4 members (excludes halogenated alkanes) is 8. The molecule has 1 fully saturated rings. The molecule has 0 heterocycles. The lowest BCUT2D eigenvalue weighted by atomic mass is 10.0. The molecule has 2 aromatic carbocycles. The number of hydrogen-bond acceptors (Lipinski definition) is 2. The van der Waals surface area contributed by atoms with Crippen molar-refractivity contribution < 1.29 is 18.3 Å². The van der Waals surface area contributed by atoms with E-state index in [-0.39, 0.29) is 6.61 Å². The number of hydrogen-bond donors (Lipinski definition) is 0. The van der Waals surface area contributed by atoms with Crippen molar-refractivity contribution in [2.24, 2.45) is 5.92 Å². The summed E-state index contributed by atoms with van der Waals surface area (Å²) in [6.07, 6.45) is 11.9. The molecule has 0 amide bonds. The molecule has 0 aromatic heterocycles. The molecule has 1 aliphatic carbocycles. The summed E-state index contributed by atoms with van der Waals surface area (Å²) >= 11 is 0. The normalized spacial score (nSPS) is 18.7. The van der Waals surface area contributed by atoms with Crippen LogP contribution in [0.3, 0.4) is 0 Å². The number of benzene rings is 2. The van der Waals surface area contributed by atoms with Gasteiger partial charge in [-0.25, -0.2) is 8.78 Å². The molecule has 2 nitrogen and oxygen atoms in total. The lowest BCUT2D eigenvalue weighted by molar-refractivity contribution is 0.0524. The smallest absolute Gasteiger partial charge is 0.261 e. The Kier molecular flexibility index (Phi) is 10.8. The van der Waals surface area contributed by atoms with Crippen molar-refractivity contribution in [2.75, 3.05) is 19.8 Å². The van der Waals surface area contributed by atoms with E-state index in [0.717, 1.165) is 49.2 Å². The maximum atomic E-state index is 14.4. The maximum absolute atomic E-state index is 14.4. The van der Waals surface area contributed by atoms with Crippen molar-refractivity contribution in [3.05, 3.63) is 54.1 Å². The fourth-order valence-corrected chi connectivity index (χ4v) is 4.59. The molecular formula is C30H42F2O2. The van der Waals surface area contributed by atoms with Crippen LogP contribution in [0.15, 0.2) is 48.5 Å². The highest BCUT2D eigenvalue weighted by molar-refractivity contribution is 5.64. The van der Waals surface area contributed by atoms with Gasteiger partial charge in [0.2, 0.25) is 0 Å². The summed E-state index contributed by atoms with van der Waals surface area (Å²) < 4.78 is 40.1. The van der Waals surface area contributed by atoms with E-state index in [0.29, 0.717) is 12.2 Å². The van der Waals surface area contributed by atoms with Crippen LogP contribution in [-0.4, -0.2) is 25.7 Å². The molecule has 0 radical (unpaired) electrons. The fourth-order valence-electron chi connectivity index (χ4n) is 4.59. The zero-order valence-corrected chi connectivity index (χ0v) is 21.0. The predicted octanol–water partition coefficient (Wildman–Crippen LogP) is 9.04. The minimum Gasteiger partial charge on any atom is -0.494 e. The molecule has 4 heteroatoms. The first-order valence-corrected chi connectivity index (χ1v) is 13.4. The van der Waals surface area contributed by atoms with E-state index in [4.69, 9.17) is 9.47 Å². The largest absolute Gasteiger partial charge is 0.494 e. The first-order valence-electron chi connectivity index (χ1n) is 13.4. The van der Waals surface area contributed by atoms with Crippen molar-refractivity contribution in [1.82, 2.24) is 0 Å². The zero-order valence-electron chi connectivity index (χ0n) is 21.0. The minimum atomic E-state index is -2.67. The van der Waals surface area contributed by atoms with Crippen molar-refractivity contribution in [3.8, 4) is 16.9 Å². The van der Waals surface area contributed by atoms with E-state index < -0.39 is 17.8 Å². The number of alkyl halides is 2. The Morgan fingerprint density at radius 2 is 1.21 bits per heavy atom. The van der Waals surface area contributed by atoms with Gasteiger partial charge < -0.3 is 9.47 Å². The molecule has 0 saturated heterocycles. The second kappa shape index (κ2) is 13.8. The van der Waals surface area contributed by atoms with E-state index in [1.54, 1.807) is 0 Å². The summed E-state index contributed by atoms with van der Waals surface area (Å²) in [5.41, 5.74) is 2.79. The van der Waals surface area contributed by atoms with Crippen LogP contribution in [0, 0.1) is 5.92 Å². The van der Waals surface area contributed by atoms with Crippen molar-refractivity contribution in [1.29, 1.82) is 0 Å². The quantitative estimate of drug-likeness (QED) is 0.214. The van der Waals surface area contributed by atoms with Crippen molar-refractivity contribution in [2.45, 2.75) is 89.9 Å². The predicted molar refractivity (Wildman–Crippen MR) is 137 cm³/mol. The molecule has 0 unspecified atom stereocenters. The Labute approximate surface area is 205 Å². The average Bonchev–Trinajstić information content (AvgIpc) is 3.41. The van der Waals surface area contributed by atoms with E-state index in [2.05, 4.69) is 13.8 Å². The van der Waals surface area contributed by atoms with Crippen LogP contribution >= 0.6 is 0 Å². The Morgan fingerprint density at radius 1 is 0.676 bits per heavy atom. The van der Waals surface area contributed by atoms with Crippen LogP contribution in [0.4, 0.5) is 8.78 Å². The Bertz CT molecular complexity index is 817. The summed E-state index contributed by atoms with van der Waals surface area (Å²) in [5, 5.41) is 0. The molecule has 1 saturated carbocycles. The highest BCUT2D eigenvalue weighted by Crippen LogP contribution is 2.61. The van der Waals surface area contributed by atoms with Gasteiger partial charge in [0.05, 0.1) is 25.0 Å². The number of rotatable bonds is 17. The number of halogens is 2. The van der Waals surface area contributed by atoms with Gasteiger partial charge in [-0.2, -0.15) is 0 Å². The molecule has 0 aliphatic heterocycles. The van der Waals surface area contributed by atoms with Crippen LogP contribution in [-0.2, 0) is 4.74 Å². The van der Waals surface area contributed by atoms with Gasteiger partial charge in [0.25, 0.3) is 5.92 Å². The van der Waals surface area contributed by atoms with Crippen LogP contribution in [0.5, 0.6) is 5.75 Å². The van der Waals surface area contributed by atoms with E-state index in [1.807, 2.05) is 48.5 Å². The van der Waals surface area contributed by atoms with Gasteiger partial charge in [-0.1, -0.05) is 102 Å². The number of ether oxygens (including phenoxy) is 2. The first kappa shape index (κ1) is 26.7. The molecule has 3 rings (SSSR count). The summed E-state index contributed by atoms with van der Waals surface area (Å²) in [4.78, 5) is 0. The van der Waals surface area contributed by atoms with E-state index >= 15 is 0 Å². The first-order chi connectivity index (χ1) is 16.6. The van der Waals surface area contributed by atoms with Gasteiger partial charge in [0, 0.05) is 6.61 Å². The molecule has 1 aliphatic rings. The molecule has 0 spiro atoms. The van der Waals surface area contributed by atoms with E-state index in [9.17, 15) is 8.78 Å². The lowest BCUT2D eigenvalue weighted by Crippen LogP contribution is -2.04. The summed E-state index contributed by atoms with van der Waals surface area (Å²) in [6.45, 7) is 5.86. The van der Waals surface area contributed by atoms with Gasteiger partial charge >= 0.3 is 0 Å². The fraction of sp³-hybridized carbons (Fsp3) is 0.600. The Balaban J connectivity index is 1.43. The summed E-state index contributed by atoms with van der Waals surface area (Å²) in [7, 11) is 0. The monoisotopic (exact) mass is 472 g/mol. The van der Waals surface area contributed by atoms with Gasteiger partial charge in [0.1, 0.15) is 5.75 Å². The Morgan fingerprint density at radius 3 is 1.85 bits per heavy atom. The molecule has 2 atom stereocenters. The van der Waals surface area contributed by atoms with Crippen LogP contribution in [0.1, 0.15) is 89.5 Å². The second-order valence-electron chi connectivity index (χ2n) is 9.66. The molecule has 0 N–H and O–H groups in total. The molecule has 0 bridgehead atoms. The van der Waals surface area contributed by atoms with Crippen LogP contribution < -0.4 is 4.74 Å². The third kappa shape index (κ3) is 7.80. The highest BCUT2D eigenvalue weighted by Gasteiger charge is 2.68. The van der Waals surface area contributed by atoms with Crippen molar-refractivity contribution in [3.63, 3.8) is 0 Å². The van der Waals surface area contributed by atoms with Gasteiger partial charge in [0.15, 0.2) is 0 Å². The van der Waals surface area contributed by atoms with E-state index in [1.165, 1.54) is 38.5 Å². The molecule has 188 valence electrons. The SMILES string of the molecule is CCCCCCCCOc1ccc(-c2ccc([C@H]3[C@H](COCCCCCC)C3(F)F)cc2)cc1. The third-order valence-corrected chi connectivity index (χ3v) is 6.87. The van der Waals surface area contributed by atoms with Gasteiger partial charge in [-0.15, -0.1) is 0 Å². The zero-order chi connectivity index (χ0) is 24.2. The topological polar surface area (TPSA) is 18.5 Å². The molecule has 2 aromatic rings. The average molecular weight is 473 g/mol. The molecular weight excluding hydrogens is 430 g/mol. The van der Waals surface area contributed by atoms with Crippen LogP contribution in [0.25, 0.3) is 11.1 Å². The van der Waals surface area contributed by atoms with Crippen LogP contribution in [0.2, 0.25) is 0 Å². The Hall–Kier alpha value is -1.94.